The summed E-state index contributed by atoms with van der Waals surface area (Å²) in [6.45, 7) is 7.00. The molecule has 3 nitrogen and oxygen atoms in total. The van der Waals surface area contributed by atoms with Crippen LogP contribution in [0.5, 0.6) is 0 Å². The molecule has 0 heterocycles. The lowest BCUT2D eigenvalue weighted by atomic mass is 9.84. The van der Waals surface area contributed by atoms with Crippen LogP contribution in [0.3, 0.4) is 0 Å². The maximum Gasteiger partial charge on any atom is 0.404 e. The van der Waals surface area contributed by atoms with Gasteiger partial charge in [-0.3, -0.25) is 4.79 Å². The Labute approximate surface area is 93.1 Å². The van der Waals surface area contributed by atoms with Crippen LogP contribution in [0.15, 0.2) is 0 Å². The second-order valence-corrected chi connectivity index (χ2v) is 5.24. The van der Waals surface area contributed by atoms with Gasteiger partial charge in [0, 0.05) is 0 Å². The summed E-state index contributed by atoms with van der Waals surface area (Å²) in [5, 5.41) is 0. The van der Waals surface area contributed by atoms with Gasteiger partial charge in [0.1, 0.15) is 11.6 Å². The van der Waals surface area contributed by atoms with Crippen molar-refractivity contribution in [2.24, 2.45) is 11.1 Å². The van der Waals surface area contributed by atoms with Gasteiger partial charge < -0.3 is 10.5 Å². The summed E-state index contributed by atoms with van der Waals surface area (Å²) in [5.74, 6) is -0.954. The molecule has 96 valence electrons. The summed E-state index contributed by atoms with van der Waals surface area (Å²) in [7, 11) is 0. The molecule has 0 aliphatic heterocycles. The lowest BCUT2D eigenvalue weighted by Crippen LogP contribution is -2.54. The van der Waals surface area contributed by atoms with Crippen molar-refractivity contribution in [3.05, 3.63) is 0 Å². The molecule has 0 aromatic rings. The highest BCUT2D eigenvalue weighted by molar-refractivity contribution is 5.77. The number of alkyl halides is 3. The van der Waals surface area contributed by atoms with E-state index in [1.165, 1.54) is 0 Å². The van der Waals surface area contributed by atoms with Gasteiger partial charge in [-0.1, -0.05) is 0 Å². The fourth-order valence-corrected chi connectivity index (χ4v) is 0.946. The van der Waals surface area contributed by atoms with Gasteiger partial charge >= 0.3 is 12.1 Å². The third-order valence-electron chi connectivity index (χ3n) is 2.06. The van der Waals surface area contributed by atoms with Crippen molar-refractivity contribution in [2.45, 2.75) is 52.4 Å². The van der Waals surface area contributed by atoms with Crippen LogP contribution in [0.2, 0.25) is 0 Å². The first-order valence-corrected chi connectivity index (χ1v) is 4.84. The average Bonchev–Trinajstić information content (AvgIpc) is 1.97. The van der Waals surface area contributed by atoms with Crippen molar-refractivity contribution in [2.75, 3.05) is 0 Å². The van der Waals surface area contributed by atoms with Crippen LogP contribution >= 0.6 is 0 Å². The zero-order valence-corrected chi connectivity index (χ0v) is 10.1. The average molecular weight is 241 g/mol. The van der Waals surface area contributed by atoms with Crippen LogP contribution in [0.4, 0.5) is 13.2 Å². The second-order valence-electron chi connectivity index (χ2n) is 5.24. The van der Waals surface area contributed by atoms with Crippen LogP contribution in [-0.2, 0) is 9.53 Å². The van der Waals surface area contributed by atoms with E-state index in [1.54, 1.807) is 20.8 Å². The Morgan fingerprint density at radius 2 is 1.50 bits per heavy atom. The van der Waals surface area contributed by atoms with E-state index in [2.05, 4.69) is 0 Å². The van der Waals surface area contributed by atoms with Gasteiger partial charge in [0.25, 0.3) is 0 Å². The summed E-state index contributed by atoms with van der Waals surface area (Å²) >= 11 is 0. The first-order valence-electron chi connectivity index (χ1n) is 4.84. The molecule has 1 atom stereocenters. The largest absolute Gasteiger partial charge is 0.460 e. The standard InChI is InChI=1S/C10H18F3NO2/c1-8(2,3)16-7(15)9(4,5)6(14)10(11,12)13/h6H,14H2,1-5H3/t6-/m1/s1. The predicted molar refractivity (Wildman–Crippen MR) is 53.7 cm³/mol. The van der Waals surface area contributed by atoms with Crippen molar-refractivity contribution in [3.8, 4) is 0 Å². The number of hydrogen-bond donors (Lipinski definition) is 1. The van der Waals surface area contributed by atoms with Crippen LogP contribution in [-0.4, -0.2) is 23.8 Å². The van der Waals surface area contributed by atoms with Crippen molar-refractivity contribution in [1.82, 2.24) is 0 Å². The van der Waals surface area contributed by atoms with E-state index in [4.69, 9.17) is 10.5 Å². The molecule has 0 spiro atoms. The number of carbonyl (C=O) groups is 1. The van der Waals surface area contributed by atoms with Gasteiger partial charge in [0.2, 0.25) is 0 Å². The molecule has 0 radical (unpaired) electrons. The number of rotatable bonds is 2. The molecule has 0 aliphatic rings. The Bertz CT molecular complexity index is 266. The maximum atomic E-state index is 12.4. The maximum absolute atomic E-state index is 12.4. The molecule has 0 fully saturated rings. The van der Waals surface area contributed by atoms with Crippen molar-refractivity contribution >= 4 is 5.97 Å². The minimum absolute atomic E-state index is 0.834. The Balaban J connectivity index is 4.86. The van der Waals surface area contributed by atoms with E-state index < -0.39 is 29.2 Å². The van der Waals surface area contributed by atoms with Crippen LogP contribution in [0.1, 0.15) is 34.6 Å². The normalized spacial score (nSPS) is 15.8. The number of carbonyl (C=O) groups excluding carboxylic acids is 1. The van der Waals surface area contributed by atoms with Crippen LogP contribution in [0, 0.1) is 5.41 Å². The summed E-state index contributed by atoms with van der Waals surface area (Å²) in [4.78, 5) is 11.6. The van der Waals surface area contributed by atoms with E-state index >= 15 is 0 Å². The molecular weight excluding hydrogens is 223 g/mol. The highest BCUT2D eigenvalue weighted by Gasteiger charge is 2.51. The highest BCUT2D eigenvalue weighted by atomic mass is 19.4. The van der Waals surface area contributed by atoms with E-state index in [0.717, 1.165) is 13.8 Å². The molecule has 0 saturated heterocycles. The third-order valence-corrected chi connectivity index (χ3v) is 2.06. The molecule has 0 rings (SSSR count). The molecule has 0 amide bonds. The van der Waals surface area contributed by atoms with Gasteiger partial charge in [-0.05, 0) is 34.6 Å². The molecule has 2 N–H and O–H groups in total. The monoisotopic (exact) mass is 241 g/mol. The zero-order chi connectivity index (χ0) is 13.4. The molecule has 6 heteroatoms. The predicted octanol–water partition coefficient (Wildman–Crippen LogP) is 2.24. The van der Waals surface area contributed by atoms with Gasteiger partial charge in [-0.2, -0.15) is 13.2 Å². The lowest BCUT2D eigenvalue weighted by Gasteiger charge is -2.33. The van der Waals surface area contributed by atoms with Crippen molar-refractivity contribution < 1.29 is 22.7 Å². The Morgan fingerprint density at radius 3 is 1.75 bits per heavy atom. The summed E-state index contributed by atoms with van der Waals surface area (Å²) in [5.41, 5.74) is 2.39. The topological polar surface area (TPSA) is 52.3 Å². The first-order chi connectivity index (χ1) is 6.78. The lowest BCUT2D eigenvalue weighted by molar-refractivity contribution is -0.194. The molecule has 0 bridgehead atoms. The molecule has 16 heavy (non-hydrogen) atoms. The second kappa shape index (κ2) is 4.24. The van der Waals surface area contributed by atoms with Crippen molar-refractivity contribution in [3.63, 3.8) is 0 Å². The van der Waals surface area contributed by atoms with E-state index in [-0.39, 0.29) is 0 Å². The van der Waals surface area contributed by atoms with E-state index in [1.807, 2.05) is 0 Å². The summed E-state index contributed by atoms with van der Waals surface area (Å²) < 4.78 is 42.1. The first kappa shape index (κ1) is 15.2. The van der Waals surface area contributed by atoms with Gasteiger partial charge in [0.15, 0.2) is 0 Å². The van der Waals surface area contributed by atoms with Crippen molar-refractivity contribution in [1.29, 1.82) is 0 Å². The Morgan fingerprint density at radius 1 is 1.12 bits per heavy atom. The molecular formula is C10H18F3NO2. The SMILES string of the molecule is CC(C)(C)OC(=O)C(C)(C)[C@@H](N)C(F)(F)F. The zero-order valence-electron chi connectivity index (χ0n) is 10.1. The molecule has 0 aliphatic carbocycles. The van der Waals surface area contributed by atoms with Gasteiger partial charge in [-0.15, -0.1) is 0 Å². The van der Waals surface area contributed by atoms with E-state index in [0.29, 0.717) is 0 Å². The Kier molecular flexibility index (Phi) is 4.03. The minimum atomic E-state index is -4.62. The van der Waals surface area contributed by atoms with Crippen LogP contribution < -0.4 is 5.73 Å². The van der Waals surface area contributed by atoms with Gasteiger partial charge in [0.05, 0.1) is 5.41 Å². The minimum Gasteiger partial charge on any atom is -0.460 e. The number of ether oxygens (including phenoxy) is 1. The van der Waals surface area contributed by atoms with Crippen LogP contribution in [0.25, 0.3) is 0 Å². The third kappa shape index (κ3) is 4.00. The highest BCUT2D eigenvalue weighted by Crippen LogP contribution is 2.34. The molecule has 0 saturated carbocycles. The molecule has 0 aromatic heterocycles. The summed E-state index contributed by atoms with van der Waals surface area (Å²) in [6.07, 6.45) is -4.62. The van der Waals surface area contributed by atoms with E-state index in [9.17, 15) is 18.0 Å². The van der Waals surface area contributed by atoms with Gasteiger partial charge in [-0.25, -0.2) is 0 Å². The quantitative estimate of drug-likeness (QED) is 0.754. The smallest absolute Gasteiger partial charge is 0.404 e. The number of halogens is 3. The fraction of sp³-hybridized carbons (Fsp3) is 0.900. The number of nitrogens with two attached hydrogens (primary N) is 1. The number of esters is 1. The number of hydrogen-bond acceptors (Lipinski definition) is 3. The molecule has 0 aromatic carbocycles. The summed E-state index contributed by atoms with van der Waals surface area (Å²) in [6, 6.07) is -2.24. The molecule has 0 unspecified atom stereocenters. The fourth-order valence-electron chi connectivity index (χ4n) is 0.946. The Hall–Kier alpha value is -0.780.